The van der Waals surface area contributed by atoms with E-state index in [1.165, 1.54) is 6.07 Å². The molecule has 166 valence electrons. The number of benzene rings is 1. The van der Waals surface area contributed by atoms with Crippen LogP contribution >= 0.6 is 0 Å². The first-order chi connectivity index (χ1) is 14.0. The van der Waals surface area contributed by atoms with Crippen LogP contribution in [0.3, 0.4) is 0 Å². The van der Waals surface area contributed by atoms with Crippen LogP contribution < -0.4 is 4.74 Å². The Morgan fingerprint density at radius 1 is 1.23 bits per heavy atom. The number of hydrogen-bond donors (Lipinski definition) is 4. The Labute approximate surface area is 177 Å². The van der Waals surface area contributed by atoms with E-state index >= 15 is 0 Å². The number of hydrogen-bond acceptors (Lipinski definition) is 7. The maximum absolute atomic E-state index is 11.5. The molecule has 7 nitrogen and oxygen atoms in total. The minimum absolute atomic E-state index is 0.0325. The second-order valence-electron chi connectivity index (χ2n) is 8.32. The molecule has 0 aromatic heterocycles. The zero-order chi connectivity index (χ0) is 22.5. The van der Waals surface area contributed by atoms with Gasteiger partial charge >= 0.3 is 5.97 Å². The summed E-state index contributed by atoms with van der Waals surface area (Å²) in [4.78, 5) is 11.5. The number of ether oxygens (including phenoxy) is 2. The third-order valence-electron chi connectivity index (χ3n) is 5.19. The second-order valence-corrected chi connectivity index (χ2v) is 8.32. The molecule has 4 N–H and O–H groups in total. The molecule has 1 aliphatic heterocycles. The number of phenols is 2. The summed E-state index contributed by atoms with van der Waals surface area (Å²) in [5, 5.41) is 39.9. The number of rotatable bonds is 10. The van der Waals surface area contributed by atoms with E-state index in [1.54, 1.807) is 13.8 Å². The SMILES string of the molecule is CC(=CCC(O)C(C)(C)O)CCC=C(C)CCOc1c(O)cc2c(c1O)COC2=O. The van der Waals surface area contributed by atoms with Gasteiger partial charge in [-0.25, -0.2) is 4.79 Å². The lowest BCUT2D eigenvalue weighted by Crippen LogP contribution is -2.35. The summed E-state index contributed by atoms with van der Waals surface area (Å²) in [7, 11) is 0. The van der Waals surface area contributed by atoms with Crippen LogP contribution in [0.2, 0.25) is 0 Å². The Kier molecular flexibility index (Phi) is 7.92. The number of aliphatic hydroxyl groups is 2. The first-order valence-corrected chi connectivity index (χ1v) is 10.1. The van der Waals surface area contributed by atoms with Crippen molar-refractivity contribution in [1.29, 1.82) is 0 Å². The van der Waals surface area contributed by atoms with Crippen LogP contribution in [-0.2, 0) is 11.3 Å². The van der Waals surface area contributed by atoms with Gasteiger partial charge in [-0.15, -0.1) is 0 Å². The van der Waals surface area contributed by atoms with Crippen molar-refractivity contribution >= 4 is 5.97 Å². The number of carbonyl (C=O) groups excluding carboxylic acids is 1. The fourth-order valence-electron chi connectivity index (χ4n) is 3.03. The van der Waals surface area contributed by atoms with Crippen molar-refractivity contribution in [2.45, 2.75) is 71.7 Å². The Bertz CT molecular complexity index is 831. The Balaban J connectivity index is 1.81. The van der Waals surface area contributed by atoms with Crippen LogP contribution in [0.1, 0.15) is 69.3 Å². The quantitative estimate of drug-likeness (QED) is 0.337. The summed E-state index contributed by atoms with van der Waals surface area (Å²) >= 11 is 0. The molecule has 0 saturated heterocycles. The van der Waals surface area contributed by atoms with E-state index in [0.29, 0.717) is 18.4 Å². The topological polar surface area (TPSA) is 116 Å². The molecular weight excluding hydrogens is 388 g/mol. The molecular formula is C23H32O7. The molecule has 0 fully saturated rings. The Morgan fingerprint density at radius 3 is 2.57 bits per heavy atom. The van der Waals surface area contributed by atoms with Gasteiger partial charge in [-0.2, -0.15) is 0 Å². The highest BCUT2D eigenvalue weighted by molar-refractivity contribution is 5.95. The molecule has 0 amide bonds. The molecule has 1 aliphatic rings. The van der Waals surface area contributed by atoms with E-state index < -0.39 is 17.7 Å². The molecule has 1 atom stereocenters. The molecule has 0 bridgehead atoms. The number of esters is 1. The molecule has 1 aromatic carbocycles. The first kappa shape index (κ1) is 23.8. The van der Waals surface area contributed by atoms with Gasteiger partial charge in [-0.1, -0.05) is 23.3 Å². The molecule has 0 saturated carbocycles. The zero-order valence-electron chi connectivity index (χ0n) is 18.1. The number of phenolic OH excluding ortho intramolecular Hbond substituents is 2. The molecule has 1 heterocycles. The van der Waals surface area contributed by atoms with Gasteiger partial charge in [0.15, 0.2) is 11.5 Å². The van der Waals surface area contributed by atoms with Crippen LogP contribution in [0.15, 0.2) is 29.4 Å². The van der Waals surface area contributed by atoms with Gasteiger partial charge in [0.1, 0.15) is 6.61 Å². The van der Waals surface area contributed by atoms with Crippen LogP contribution in [-0.4, -0.2) is 44.7 Å². The molecule has 0 aliphatic carbocycles. The minimum atomic E-state index is -1.11. The van der Waals surface area contributed by atoms with Crippen LogP contribution in [0.25, 0.3) is 0 Å². The van der Waals surface area contributed by atoms with Gasteiger partial charge < -0.3 is 29.9 Å². The smallest absolute Gasteiger partial charge is 0.339 e. The highest BCUT2D eigenvalue weighted by Gasteiger charge is 2.29. The fraction of sp³-hybridized carbons (Fsp3) is 0.522. The molecule has 7 heteroatoms. The Morgan fingerprint density at radius 2 is 1.90 bits per heavy atom. The highest BCUT2D eigenvalue weighted by atomic mass is 16.5. The van der Waals surface area contributed by atoms with E-state index in [4.69, 9.17) is 9.47 Å². The largest absolute Gasteiger partial charge is 0.504 e. The number of aliphatic hydroxyl groups excluding tert-OH is 1. The molecule has 0 radical (unpaired) electrons. The second kappa shape index (κ2) is 10.00. The normalized spacial score (nSPS) is 15.7. The molecule has 0 spiro atoms. The summed E-state index contributed by atoms with van der Waals surface area (Å²) in [5.41, 5.74) is 1.63. The zero-order valence-corrected chi connectivity index (χ0v) is 18.1. The first-order valence-electron chi connectivity index (χ1n) is 10.1. The van der Waals surface area contributed by atoms with Crippen molar-refractivity contribution in [3.63, 3.8) is 0 Å². The predicted molar refractivity (Wildman–Crippen MR) is 113 cm³/mol. The van der Waals surface area contributed by atoms with Crippen LogP contribution in [0.4, 0.5) is 0 Å². The minimum Gasteiger partial charge on any atom is -0.504 e. The van der Waals surface area contributed by atoms with Crippen molar-refractivity contribution in [2.75, 3.05) is 6.61 Å². The van der Waals surface area contributed by atoms with Crippen LogP contribution in [0, 0.1) is 0 Å². The van der Waals surface area contributed by atoms with Gasteiger partial charge in [-0.3, -0.25) is 0 Å². The van der Waals surface area contributed by atoms with Gasteiger partial charge in [0.2, 0.25) is 5.75 Å². The lowest BCUT2D eigenvalue weighted by atomic mass is 9.97. The number of cyclic esters (lactones) is 1. The average molecular weight is 421 g/mol. The van der Waals surface area contributed by atoms with Crippen molar-refractivity contribution in [1.82, 2.24) is 0 Å². The van der Waals surface area contributed by atoms with Gasteiger partial charge in [0.05, 0.1) is 23.9 Å². The van der Waals surface area contributed by atoms with Gasteiger partial charge in [-0.05, 0) is 53.0 Å². The summed E-state index contributed by atoms with van der Waals surface area (Å²) in [6.45, 7) is 7.39. The van der Waals surface area contributed by atoms with Crippen molar-refractivity contribution in [2.24, 2.45) is 0 Å². The van der Waals surface area contributed by atoms with E-state index in [2.05, 4.69) is 6.08 Å². The molecule has 1 unspecified atom stereocenters. The summed E-state index contributed by atoms with van der Waals surface area (Å²) in [5.74, 6) is -1.16. The fourth-order valence-corrected chi connectivity index (χ4v) is 3.03. The summed E-state index contributed by atoms with van der Waals surface area (Å²) < 4.78 is 10.4. The van der Waals surface area contributed by atoms with Crippen molar-refractivity contribution < 1.29 is 34.7 Å². The van der Waals surface area contributed by atoms with E-state index in [-0.39, 0.29) is 36.0 Å². The van der Waals surface area contributed by atoms with E-state index in [9.17, 15) is 25.2 Å². The van der Waals surface area contributed by atoms with Crippen LogP contribution in [0.5, 0.6) is 17.2 Å². The number of fused-ring (bicyclic) bond motifs is 1. The standard InChI is InChI=1S/C23H32O7/c1-14(8-9-19(25)23(3,4)28)6-5-7-15(2)10-11-29-21-18(24)12-16-17(20(21)26)13-30-22(16)27/h7-8,12,19,24-26,28H,5-6,9-11,13H2,1-4H3. The Hall–Kier alpha value is -2.51. The van der Waals surface area contributed by atoms with Gasteiger partial charge in [0.25, 0.3) is 0 Å². The average Bonchev–Trinajstić information content (AvgIpc) is 3.02. The molecule has 1 aromatic rings. The highest BCUT2D eigenvalue weighted by Crippen LogP contribution is 2.43. The third-order valence-corrected chi connectivity index (χ3v) is 5.19. The predicted octanol–water partition coefficient (Wildman–Crippen LogP) is 3.73. The summed E-state index contributed by atoms with van der Waals surface area (Å²) in [6, 6.07) is 1.26. The van der Waals surface area contributed by atoms with Crippen molar-refractivity contribution in [3.05, 3.63) is 40.5 Å². The maximum atomic E-state index is 11.5. The van der Waals surface area contributed by atoms with Gasteiger partial charge in [0, 0.05) is 12.0 Å². The number of allylic oxidation sites excluding steroid dienone is 2. The van der Waals surface area contributed by atoms with E-state index in [0.717, 1.165) is 24.0 Å². The third kappa shape index (κ3) is 6.24. The molecule has 30 heavy (non-hydrogen) atoms. The lowest BCUT2D eigenvalue weighted by molar-refractivity contribution is -0.0457. The maximum Gasteiger partial charge on any atom is 0.339 e. The monoisotopic (exact) mass is 420 g/mol. The number of aromatic hydroxyl groups is 2. The van der Waals surface area contributed by atoms with Crippen molar-refractivity contribution in [3.8, 4) is 17.2 Å². The lowest BCUT2D eigenvalue weighted by Gasteiger charge is -2.23. The van der Waals surface area contributed by atoms with E-state index in [1.807, 2.05) is 19.9 Å². The number of carbonyl (C=O) groups is 1. The summed E-state index contributed by atoms with van der Waals surface area (Å²) in [6.07, 6.45) is 5.96. The molecule has 2 rings (SSSR count).